The van der Waals surface area contributed by atoms with Crippen molar-refractivity contribution in [1.82, 2.24) is 20.6 Å². The van der Waals surface area contributed by atoms with Gasteiger partial charge >= 0.3 is 0 Å². The van der Waals surface area contributed by atoms with E-state index in [9.17, 15) is 4.79 Å². The van der Waals surface area contributed by atoms with Gasteiger partial charge in [0.2, 0.25) is 0 Å². The summed E-state index contributed by atoms with van der Waals surface area (Å²) in [5.41, 5.74) is 3.77. The SMILES string of the molecule is CC1NCCCC1NC(=O)c1ccccc1CSc1nc2ccccc2[nH]1.Cl.Cl. The summed E-state index contributed by atoms with van der Waals surface area (Å²) in [6.45, 7) is 3.16. The zero-order valence-electron chi connectivity index (χ0n) is 16.2. The molecule has 2 atom stereocenters. The van der Waals surface area contributed by atoms with E-state index in [2.05, 4.69) is 27.5 Å². The molecular weight excluding hydrogens is 427 g/mol. The molecule has 1 fully saturated rings. The maximum Gasteiger partial charge on any atom is 0.251 e. The largest absolute Gasteiger partial charge is 0.348 e. The van der Waals surface area contributed by atoms with E-state index in [1.165, 1.54) is 0 Å². The lowest BCUT2D eigenvalue weighted by atomic mass is 9.99. The molecule has 5 nitrogen and oxygen atoms in total. The number of amides is 1. The Kier molecular flexibility index (Phi) is 8.83. The number of imidazole rings is 1. The van der Waals surface area contributed by atoms with Crippen molar-refractivity contribution in [2.24, 2.45) is 0 Å². The second-order valence-electron chi connectivity index (χ2n) is 6.97. The van der Waals surface area contributed by atoms with Crippen LogP contribution in [-0.2, 0) is 5.75 Å². The fourth-order valence-electron chi connectivity index (χ4n) is 3.50. The Labute approximate surface area is 187 Å². The Morgan fingerprint density at radius 2 is 1.93 bits per heavy atom. The molecule has 1 aliphatic heterocycles. The Bertz CT molecular complexity index is 916. The Morgan fingerprint density at radius 3 is 2.72 bits per heavy atom. The van der Waals surface area contributed by atoms with Gasteiger partial charge in [-0.3, -0.25) is 4.79 Å². The first-order chi connectivity index (χ1) is 13.2. The molecule has 1 saturated heterocycles. The zero-order valence-corrected chi connectivity index (χ0v) is 18.6. The second kappa shape index (κ2) is 10.9. The fraction of sp³-hybridized carbons (Fsp3) is 0.333. The molecule has 2 aromatic carbocycles. The minimum atomic E-state index is 0. The van der Waals surface area contributed by atoms with Gasteiger partial charge in [0.15, 0.2) is 5.16 Å². The van der Waals surface area contributed by atoms with Gasteiger partial charge in [0.05, 0.1) is 11.0 Å². The quantitative estimate of drug-likeness (QED) is 0.495. The van der Waals surface area contributed by atoms with Crippen LogP contribution in [0, 0.1) is 0 Å². The van der Waals surface area contributed by atoms with Gasteiger partial charge in [0.25, 0.3) is 5.91 Å². The highest BCUT2D eigenvalue weighted by Crippen LogP contribution is 2.25. The van der Waals surface area contributed by atoms with Crippen molar-refractivity contribution in [1.29, 1.82) is 0 Å². The molecule has 156 valence electrons. The number of rotatable bonds is 5. The van der Waals surface area contributed by atoms with Gasteiger partial charge in [-0.1, -0.05) is 42.1 Å². The molecule has 0 aliphatic carbocycles. The van der Waals surface area contributed by atoms with Crippen LogP contribution in [0.3, 0.4) is 0 Å². The summed E-state index contributed by atoms with van der Waals surface area (Å²) in [5.74, 6) is 0.707. The van der Waals surface area contributed by atoms with Crippen LogP contribution >= 0.6 is 36.6 Å². The number of piperidine rings is 1. The van der Waals surface area contributed by atoms with E-state index < -0.39 is 0 Å². The van der Waals surface area contributed by atoms with E-state index in [1.807, 2.05) is 48.5 Å². The predicted molar refractivity (Wildman–Crippen MR) is 125 cm³/mol. The monoisotopic (exact) mass is 452 g/mol. The fourth-order valence-corrected chi connectivity index (χ4v) is 4.39. The van der Waals surface area contributed by atoms with Crippen LogP contribution in [0.1, 0.15) is 35.7 Å². The molecule has 0 saturated carbocycles. The number of nitrogens with one attached hydrogen (secondary N) is 3. The molecule has 2 unspecified atom stereocenters. The average Bonchev–Trinajstić information content (AvgIpc) is 3.11. The first-order valence-electron chi connectivity index (χ1n) is 9.40. The number of carbonyl (C=O) groups excluding carboxylic acids is 1. The summed E-state index contributed by atoms with van der Waals surface area (Å²) in [7, 11) is 0. The van der Waals surface area contributed by atoms with Crippen LogP contribution in [0.25, 0.3) is 11.0 Å². The Hall–Kier alpha value is -1.73. The van der Waals surface area contributed by atoms with Crippen molar-refractivity contribution in [3.05, 3.63) is 59.7 Å². The smallest absolute Gasteiger partial charge is 0.251 e. The molecule has 0 bridgehead atoms. The lowest BCUT2D eigenvalue weighted by molar-refractivity contribution is 0.0919. The van der Waals surface area contributed by atoms with Crippen molar-refractivity contribution >= 4 is 53.5 Å². The summed E-state index contributed by atoms with van der Waals surface area (Å²) in [4.78, 5) is 20.8. The molecule has 0 radical (unpaired) electrons. The van der Waals surface area contributed by atoms with Gasteiger partial charge in [0.1, 0.15) is 0 Å². The number of benzene rings is 2. The van der Waals surface area contributed by atoms with Crippen LogP contribution in [0.15, 0.2) is 53.7 Å². The lowest BCUT2D eigenvalue weighted by Gasteiger charge is -2.30. The van der Waals surface area contributed by atoms with Gasteiger partial charge in [-0.15, -0.1) is 24.8 Å². The third kappa shape index (κ3) is 5.66. The summed E-state index contributed by atoms with van der Waals surface area (Å²) in [6.07, 6.45) is 2.12. The first-order valence-corrected chi connectivity index (χ1v) is 10.4. The molecular formula is C21H26Cl2N4OS. The maximum absolute atomic E-state index is 12.9. The van der Waals surface area contributed by atoms with E-state index in [-0.39, 0.29) is 36.8 Å². The number of aromatic amines is 1. The molecule has 29 heavy (non-hydrogen) atoms. The van der Waals surface area contributed by atoms with Crippen molar-refractivity contribution in [2.45, 2.75) is 42.8 Å². The first kappa shape index (κ1) is 23.5. The molecule has 1 amide bonds. The molecule has 1 aromatic heterocycles. The summed E-state index contributed by atoms with van der Waals surface area (Å²) < 4.78 is 0. The summed E-state index contributed by atoms with van der Waals surface area (Å²) >= 11 is 1.62. The number of nitrogens with zero attached hydrogens (tertiary/aromatic N) is 1. The van der Waals surface area contributed by atoms with Crippen molar-refractivity contribution in [3.63, 3.8) is 0 Å². The number of hydrogen-bond donors (Lipinski definition) is 3. The topological polar surface area (TPSA) is 69.8 Å². The van der Waals surface area contributed by atoms with E-state index in [1.54, 1.807) is 11.8 Å². The summed E-state index contributed by atoms with van der Waals surface area (Å²) in [5, 5.41) is 7.51. The molecule has 3 N–H and O–H groups in total. The minimum Gasteiger partial charge on any atom is -0.348 e. The van der Waals surface area contributed by atoms with Gasteiger partial charge in [-0.25, -0.2) is 4.98 Å². The van der Waals surface area contributed by atoms with E-state index in [0.29, 0.717) is 11.8 Å². The highest BCUT2D eigenvalue weighted by molar-refractivity contribution is 7.98. The number of aromatic nitrogens is 2. The van der Waals surface area contributed by atoms with E-state index >= 15 is 0 Å². The van der Waals surface area contributed by atoms with Crippen LogP contribution in [0.5, 0.6) is 0 Å². The molecule has 4 rings (SSSR count). The second-order valence-corrected chi connectivity index (χ2v) is 7.93. The number of halogens is 2. The number of fused-ring (bicyclic) bond motifs is 1. The van der Waals surface area contributed by atoms with Gasteiger partial charge < -0.3 is 15.6 Å². The normalized spacial score (nSPS) is 18.5. The number of carbonyl (C=O) groups is 1. The zero-order chi connectivity index (χ0) is 18.6. The predicted octanol–water partition coefficient (Wildman–Crippen LogP) is 4.57. The standard InChI is InChI=1S/C21H24N4OS.2ClH/c1-14-17(11-6-12-22-14)23-20(26)16-8-3-2-7-15(16)13-27-21-24-18-9-4-5-10-19(18)25-21;;/h2-5,7-10,14,17,22H,6,11-13H2,1H3,(H,23,26)(H,24,25);2*1H. The van der Waals surface area contributed by atoms with E-state index in [4.69, 9.17) is 0 Å². The van der Waals surface area contributed by atoms with Crippen LogP contribution in [-0.4, -0.2) is 34.5 Å². The third-order valence-electron chi connectivity index (χ3n) is 5.07. The Morgan fingerprint density at radius 1 is 1.17 bits per heavy atom. The van der Waals surface area contributed by atoms with Crippen LogP contribution < -0.4 is 10.6 Å². The Balaban J connectivity index is 0.00000150. The van der Waals surface area contributed by atoms with Crippen LogP contribution in [0.2, 0.25) is 0 Å². The van der Waals surface area contributed by atoms with Crippen molar-refractivity contribution in [2.75, 3.05) is 6.54 Å². The van der Waals surface area contributed by atoms with Crippen molar-refractivity contribution in [3.8, 4) is 0 Å². The third-order valence-corrected chi connectivity index (χ3v) is 5.99. The minimum absolute atomic E-state index is 0. The molecule has 0 spiro atoms. The van der Waals surface area contributed by atoms with Gasteiger partial charge in [-0.05, 0) is 50.1 Å². The van der Waals surface area contributed by atoms with Crippen LogP contribution in [0.4, 0.5) is 0 Å². The number of hydrogen-bond acceptors (Lipinski definition) is 4. The number of thioether (sulfide) groups is 1. The molecule has 2 heterocycles. The lowest BCUT2D eigenvalue weighted by Crippen LogP contribution is -2.52. The highest BCUT2D eigenvalue weighted by Gasteiger charge is 2.23. The van der Waals surface area contributed by atoms with Crippen molar-refractivity contribution < 1.29 is 4.79 Å². The average molecular weight is 453 g/mol. The van der Waals surface area contributed by atoms with E-state index in [0.717, 1.165) is 46.7 Å². The highest BCUT2D eigenvalue weighted by atomic mass is 35.5. The van der Waals surface area contributed by atoms with Gasteiger partial charge in [0, 0.05) is 23.4 Å². The number of H-pyrrole nitrogens is 1. The molecule has 8 heteroatoms. The number of para-hydroxylation sites is 2. The molecule has 3 aromatic rings. The maximum atomic E-state index is 12.9. The molecule has 1 aliphatic rings. The van der Waals surface area contributed by atoms with Gasteiger partial charge in [-0.2, -0.15) is 0 Å². The summed E-state index contributed by atoms with van der Waals surface area (Å²) in [6, 6.07) is 16.3.